The molecular weight excluding hydrogens is 206 g/mol. The van der Waals surface area contributed by atoms with Crippen LogP contribution < -0.4 is 9.47 Å². The van der Waals surface area contributed by atoms with Gasteiger partial charge in [0.1, 0.15) is 6.61 Å². The van der Waals surface area contributed by atoms with Crippen molar-refractivity contribution in [3.05, 3.63) is 23.8 Å². The molecule has 2 rings (SSSR count). The molecule has 0 saturated carbocycles. The fraction of sp³-hybridized carbons (Fsp3) is 0.400. The van der Waals surface area contributed by atoms with E-state index < -0.39 is 17.2 Å². The van der Waals surface area contributed by atoms with Crippen LogP contribution in [0.25, 0.3) is 0 Å². The predicted octanol–water partition coefficient (Wildman–Crippen LogP) is 1.49. The van der Waals surface area contributed by atoms with E-state index in [0.29, 0.717) is 0 Å². The Morgan fingerprint density at radius 2 is 1.93 bits per heavy atom. The summed E-state index contributed by atoms with van der Waals surface area (Å²) in [6.45, 7) is 1.46. The maximum atomic E-state index is 12.9. The molecule has 15 heavy (non-hydrogen) atoms. The standard InChI is InChI=1S/C10H10F2O3/c1-10(4-13)5-14-8-2-6(11)7(12)3-9(8)15-10/h2-3,13H,4-5H2,1H3/t10-/m0/s1. The van der Waals surface area contributed by atoms with Gasteiger partial charge in [-0.3, -0.25) is 0 Å². The Kier molecular flexibility index (Phi) is 2.26. The Labute approximate surface area is 85.2 Å². The number of ether oxygens (including phenoxy) is 2. The van der Waals surface area contributed by atoms with E-state index in [1.54, 1.807) is 6.92 Å². The molecule has 1 heterocycles. The minimum absolute atomic E-state index is 0.0988. The Morgan fingerprint density at radius 1 is 1.33 bits per heavy atom. The molecule has 3 nitrogen and oxygen atoms in total. The van der Waals surface area contributed by atoms with Crippen molar-refractivity contribution in [1.82, 2.24) is 0 Å². The van der Waals surface area contributed by atoms with Gasteiger partial charge in [-0.05, 0) is 6.92 Å². The summed E-state index contributed by atoms with van der Waals surface area (Å²) in [6, 6.07) is 1.85. The second-order valence-electron chi connectivity index (χ2n) is 3.71. The summed E-state index contributed by atoms with van der Waals surface area (Å²) in [7, 11) is 0. The molecule has 0 aliphatic carbocycles. The minimum atomic E-state index is -1.00. The smallest absolute Gasteiger partial charge is 0.165 e. The van der Waals surface area contributed by atoms with Crippen LogP contribution in [0.2, 0.25) is 0 Å². The maximum absolute atomic E-state index is 12.9. The van der Waals surface area contributed by atoms with Crippen LogP contribution >= 0.6 is 0 Å². The number of fused-ring (bicyclic) bond motifs is 1. The number of aliphatic hydroxyl groups excluding tert-OH is 1. The molecular formula is C10H10F2O3. The van der Waals surface area contributed by atoms with Crippen LogP contribution in [0.5, 0.6) is 11.5 Å². The van der Waals surface area contributed by atoms with Crippen molar-refractivity contribution in [2.75, 3.05) is 13.2 Å². The van der Waals surface area contributed by atoms with Crippen molar-refractivity contribution >= 4 is 0 Å². The van der Waals surface area contributed by atoms with Gasteiger partial charge in [-0.25, -0.2) is 8.78 Å². The van der Waals surface area contributed by atoms with Crippen molar-refractivity contribution in [2.24, 2.45) is 0 Å². The van der Waals surface area contributed by atoms with Crippen LogP contribution in [-0.4, -0.2) is 23.9 Å². The fourth-order valence-corrected chi connectivity index (χ4v) is 1.31. The van der Waals surface area contributed by atoms with Crippen LogP contribution in [0.3, 0.4) is 0 Å². The highest BCUT2D eigenvalue weighted by Gasteiger charge is 2.33. The number of benzene rings is 1. The van der Waals surface area contributed by atoms with E-state index in [4.69, 9.17) is 14.6 Å². The zero-order valence-electron chi connectivity index (χ0n) is 8.09. The van der Waals surface area contributed by atoms with Crippen molar-refractivity contribution in [1.29, 1.82) is 0 Å². The number of aliphatic hydroxyl groups is 1. The van der Waals surface area contributed by atoms with Gasteiger partial charge in [0.15, 0.2) is 28.7 Å². The summed E-state index contributed by atoms with van der Waals surface area (Å²) in [5, 5.41) is 9.03. The third kappa shape index (κ3) is 1.74. The first kappa shape index (κ1) is 10.2. The van der Waals surface area contributed by atoms with Gasteiger partial charge in [0.05, 0.1) is 6.61 Å². The molecule has 0 unspecified atom stereocenters. The fourth-order valence-electron chi connectivity index (χ4n) is 1.31. The largest absolute Gasteiger partial charge is 0.485 e. The Hall–Kier alpha value is -1.36. The lowest BCUT2D eigenvalue weighted by Gasteiger charge is -2.33. The molecule has 0 bridgehead atoms. The molecule has 1 aromatic carbocycles. The highest BCUT2D eigenvalue weighted by atomic mass is 19.2. The number of hydrogen-bond donors (Lipinski definition) is 1. The average molecular weight is 216 g/mol. The normalized spacial score (nSPS) is 24.0. The molecule has 0 saturated heterocycles. The van der Waals surface area contributed by atoms with Crippen molar-refractivity contribution in [3.8, 4) is 11.5 Å². The summed E-state index contributed by atoms with van der Waals surface area (Å²) >= 11 is 0. The molecule has 1 aromatic rings. The summed E-state index contributed by atoms with van der Waals surface area (Å²) in [6.07, 6.45) is 0. The molecule has 0 amide bonds. The van der Waals surface area contributed by atoms with Gasteiger partial charge in [0.2, 0.25) is 0 Å². The predicted molar refractivity (Wildman–Crippen MR) is 48.0 cm³/mol. The SMILES string of the molecule is C[C@]1(CO)COc2cc(F)c(F)cc2O1. The van der Waals surface area contributed by atoms with Crippen molar-refractivity contribution < 1.29 is 23.4 Å². The first-order valence-corrected chi connectivity index (χ1v) is 4.46. The lowest BCUT2D eigenvalue weighted by Crippen LogP contribution is -2.45. The first-order chi connectivity index (χ1) is 7.04. The highest BCUT2D eigenvalue weighted by molar-refractivity contribution is 5.42. The monoisotopic (exact) mass is 216 g/mol. The van der Waals surface area contributed by atoms with Gasteiger partial charge in [-0.2, -0.15) is 0 Å². The molecule has 1 aliphatic heterocycles. The molecule has 1 N–H and O–H groups in total. The molecule has 0 fully saturated rings. The van der Waals surface area contributed by atoms with Crippen LogP contribution in [0.4, 0.5) is 8.78 Å². The lowest BCUT2D eigenvalue weighted by molar-refractivity contribution is -0.0341. The van der Waals surface area contributed by atoms with E-state index in [1.807, 2.05) is 0 Å². The third-order valence-corrected chi connectivity index (χ3v) is 2.21. The van der Waals surface area contributed by atoms with E-state index in [-0.39, 0.29) is 24.7 Å². The average Bonchev–Trinajstić information content (AvgIpc) is 2.21. The van der Waals surface area contributed by atoms with E-state index >= 15 is 0 Å². The number of rotatable bonds is 1. The topological polar surface area (TPSA) is 38.7 Å². The molecule has 1 aliphatic rings. The number of halogens is 2. The zero-order chi connectivity index (χ0) is 11.1. The maximum Gasteiger partial charge on any atom is 0.165 e. The molecule has 5 heteroatoms. The molecule has 1 atom stereocenters. The van der Waals surface area contributed by atoms with E-state index in [9.17, 15) is 8.78 Å². The van der Waals surface area contributed by atoms with Crippen LogP contribution in [0.15, 0.2) is 12.1 Å². The van der Waals surface area contributed by atoms with Gasteiger partial charge >= 0.3 is 0 Å². The first-order valence-electron chi connectivity index (χ1n) is 4.46. The third-order valence-electron chi connectivity index (χ3n) is 2.21. The second-order valence-corrected chi connectivity index (χ2v) is 3.71. The zero-order valence-corrected chi connectivity index (χ0v) is 8.09. The Balaban J connectivity index is 2.38. The van der Waals surface area contributed by atoms with Crippen molar-refractivity contribution in [2.45, 2.75) is 12.5 Å². The second kappa shape index (κ2) is 3.34. The molecule has 0 spiro atoms. The highest BCUT2D eigenvalue weighted by Crippen LogP contribution is 2.36. The molecule has 82 valence electrons. The van der Waals surface area contributed by atoms with Gasteiger partial charge < -0.3 is 14.6 Å². The van der Waals surface area contributed by atoms with E-state index in [1.165, 1.54) is 0 Å². The van der Waals surface area contributed by atoms with E-state index in [0.717, 1.165) is 12.1 Å². The summed E-state index contributed by atoms with van der Waals surface area (Å²) in [5.41, 5.74) is -0.905. The van der Waals surface area contributed by atoms with E-state index in [2.05, 4.69) is 0 Å². The van der Waals surface area contributed by atoms with Crippen molar-refractivity contribution in [3.63, 3.8) is 0 Å². The van der Waals surface area contributed by atoms with Gasteiger partial charge in [0.25, 0.3) is 0 Å². The molecule has 0 radical (unpaired) electrons. The quantitative estimate of drug-likeness (QED) is 0.772. The Bertz CT molecular complexity index is 394. The Morgan fingerprint density at radius 3 is 2.53 bits per heavy atom. The summed E-state index contributed by atoms with van der Waals surface area (Å²) in [5.74, 6) is -1.72. The van der Waals surface area contributed by atoms with Crippen LogP contribution in [0.1, 0.15) is 6.92 Å². The van der Waals surface area contributed by atoms with Gasteiger partial charge in [-0.15, -0.1) is 0 Å². The lowest BCUT2D eigenvalue weighted by atomic mass is 10.1. The van der Waals surface area contributed by atoms with Gasteiger partial charge in [0, 0.05) is 12.1 Å². The van der Waals surface area contributed by atoms with Crippen LogP contribution in [0, 0.1) is 11.6 Å². The summed E-state index contributed by atoms with van der Waals surface area (Å²) in [4.78, 5) is 0. The number of hydrogen-bond acceptors (Lipinski definition) is 3. The molecule has 0 aromatic heterocycles. The minimum Gasteiger partial charge on any atom is -0.485 e. The van der Waals surface area contributed by atoms with Gasteiger partial charge in [-0.1, -0.05) is 0 Å². The summed E-state index contributed by atoms with van der Waals surface area (Å²) < 4.78 is 36.2. The van der Waals surface area contributed by atoms with Crippen LogP contribution in [-0.2, 0) is 0 Å².